The molecule has 0 amide bonds. The number of ether oxygens (including phenoxy) is 1. The number of aliphatic hydroxyl groups excluding tert-OH is 1. The van der Waals surface area contributed by atoms with Gasteiger partial charge in [-0.15, -0.1) is 0 Å². The molecule has 0 fully saturated rings. The van der Waals surface area contributed by atoms with Crippen LogP contribution in [-0.4, -0.2) is 30.7 Å². The minimum Gasteiger partial charge on any atom is -0.394 e. The highest BCUT2D eigenvalue weighted by Gasteiger charge is 2.24. The fourth-order valence-corrected chi connectivity index (χ4v) is 1.28. The summed E-state index contributed by atoms with van der Waals surface area (Å²) in [5.41, 5.74) is 0. The van der Waals surface area contributed by atoms with Crippen LogP contribution in [-0.2, 0) is 9.53 Å². The minimum absolute atomic E-state index is 0.133. The highest BCUT2D eigenvalue weighted by atomic mass is 16.5. The number of aliphatic hydroxyl groups is 1. The molecular weight excluding hydrogens is 228 g/mol. The van der Waals surface area contributed by atoms with Gasteiger partial charge < -0.3 is 9.84 Å². The van der Waals surface area contributed by atoms with Crippen molar-refractivity contribution in [2.45, 2.75) is 48.5 Å². The van der Waals surface area contributed by atoms with Crippen molar-refractivity contribution < 1.29 is 14.6 Å². The van der Waals surface area contributed by atoms with Gasteiger partial charge in [-0.25, -0.2) is 0 Å². The molecule has 2 unspecified atom stereocenters. The van der Waals surface area contributed by atoms with E-state index >= 15 is 0 Å². The van der Waals surface area contributed by atoms with Crippen LogP contribution in [0.5, 0.6) is 0 Å². The Balaban J connectivity index is 0. The van der Waals surface area contributed by atoms with Crippen LogP contribution in [0.4, 0.5) is 0 Å². The van der Waals surface area contributed by atoms with Gasteiger partial charge in [-0.2, -0.15) is 0 Å². The van der Waals surface area contributed by atoms with E-state index in [4.69, 9.17) is 9.84 Å². The monoisotopic (exact) mass is 260 g/mol. The molecule has 1 N–H and O–H groups in total. The molecule has 2 atom stereocenters. The maximum atomic E-state index is 11.7. The third-order valence-corrected chi connectivity index (χ3v) is 3.34. The second kappa shape index (κ2) is 11.7. The summed E-state index contributed by atoms with van der Waals surface area (Å²) >= 11 is 0. The molecule has 0 aromatic heterocycles. The lowest BCUT2D eigenvalue weighted by molar-refractivity contribution is -0.128. The Morgan fingerprint density at radius 3 is 1.56 bits per heavy atom. The first-order chi connectivity index (χ1) is 8.29. The average Bonchev–Trinajstić information content (AvgIpc) is 2.33. The molecule has 0 spiro atoms. The van der Waals surface area contributed by atoms with Crippen LogP contribution in [0.1, 0.15) is 48.5 Å². The highest BCUT2D eigenvalue weighted by Crippen LogP contribution is 2.20. The van der Waals surface area contributed by atoms with Gasteiger partial charge in [0, 0.05) is 18.4 Å². The van der Waals surface area contributed by atoms with Crippen molar-refractivity contribution in [3.05, 3.63) is 0 Å². The van der Waals surface area contributed by atoms with Crippen LogP contribution >= 0.6 is 0 Å². The van der Waals surface area contributed by atoms with E-state index < -0.39 is 0 Å². The molecule has 110 valence electrons. The molecule has 0 rings (SSSR count). The molecule has 0 bridgehead atoms. The average molecular weight is 260 g/mol. The van der Waals surface area contributed by atoms with Gasteiger partial charge in [0.2, 0.25) is 0 Å². The standard InChI is InChI=1S/C11H22O.C4H10O2/c1-7(2)9(5)11(12)10(6)8(3)4;1-2-6-4-3-5/h7-10H,1-6H3;5H,2-4H2,1H3. The summed E-state index contributed by atoms with van der Waals surface area (Å²) in [5, 5.41) is 8.07. The summed E-state index contributed by atoms with van der Waals surface area (Å²) in [7, 11) is 0. The molecule has 3 nitrogen and oxygen atoms in total. The van der Waals surface area contributed by atoms with E-state index in [9.17, 15) is 4.79 Å². The zero-order valence-electron chi connectivity index (χ0n) is 13.2. The van der Waals surface area contributed by atoms with E-state index in [1.807, 2.05) is 20.8 Å². The van der Waals surface area contributed by atoms with Crippen molar-refractivity contribution in [1.29, 1.82) is 0 Å². The van der Waals surface area contributed by atoms with E-state index in [0.29, 0.717) is 30.8 Å². The zero-order valence-corrected chi connectivity index (χ0v) is 13.2. The van der Waals surface area contributed by atoms with Crippen molar-refractivity contribution in [3.63, 3.8) is 0 Å². The van der Waals surface area contributed by atoms with Gasteiger partial charge in [0.1, 0.15) is 5.78 Å². The molecule has 0 aliphatic carbocycles. The molecule has 0 heterocycles. The third kappa shape index (κ3) is 9.60. The Morgan fingerprint density at radius 2 is 1.39 bits per heavy atom. The van der Waals surface area contributed by atoms with Gasteiger partial charge in [0.15, 0.2) is 0 Å². The fraction of sp³-hybridized carbons (Fsp3) is 0.933. The maximum Gasteiger partial charge on any atom is 0.138 e. The maximum absolute atomic E-state index is 11.7. The largest absolute Gasteiger partial charge is 0.394 e. The van der Waals surface area contributed by atoms with Crippen LogP contribution in [0.25, 0.3) is 0 Å². The molecule has 3 heteroatoms. The fourth-order valence-electron chi connectivity index (χ4n) is 1.28. The number of hydrogen-bond acceptors (Lipinski definition) is 3. The smallest absolute Gasteiger partial charge is 0.138 e. The molecule has 0 aliphatic heterocycles. The van der Waals surface area contributed by atoms with Crippen LogP contribution in [0.15, 0.2) is 0 Å². The van der Waals surface area contributed by atoms with Crippen LogP contribution in [0.3, 0.4) is 0 Å². The normalized spacial score (nSPS) is 14.1. The lowest BCUT2D eigenvalue weighted by atomic mass is 9.82. The summed E-state index contributed by atoms with van der Waals surface area (Å²) < 4.78 is 4.73. The van der Waals surface area contributed by atoms with Crippen molar-refractivity contribution in [1.82, 2.24) is 0 Å². The van der Waals surface area contributed by atoms with Gasteiger partial charge in [0.05, 0.1) is 13.2 Å². The lowest BCUT2D eigenvalue weighted by Gasteiger charge is -2.21. The van der Waals surface area contributed by atoms with Crippen molar-refractivity contribution in [3.8, 4) is 0 Å². The number of rotatable bonds is 7. The van der Waals surface area contributed by atoms with Gasteiger partial charge in [-0.1, -0.05) is 41.5 Å². The topological polar surface area (TPSA) is 46.5 Å². The summed E-state index contributed by atoms with van der Waals surface area (Å²) in [6.45, 7) is 15.7. The summed E-state index contributed by atoms with van der Waals surface area (Å²) in [6.07, 6.45) is 0. The van der Waals surface area contributed by atoms with Gasteiger partial charge >= 0.3 is 0 Å². The molecule has 0 saturated heterocycles. The minimum atomic E-state index is 0.133. The van der Waals surface area contributed by atoms with E-state index in [1.54, 1.807) is 0 Å². The van der Waals surface area contributed by atoms with E-state index in [0.717, 1.165) is 0 Å². The molecule has 0 radical (unpaired) electrons. The molecule has 0 saturated carbocycles. The lowest BCUT2D eigenvalue weighted by Crippen LogP contribution is -2.26. The third-order valence-electron chi connectivity index (χ3n) is 3.34. The first-order valence-corrected chi connectivity index (χ1v) is 7.01. The Bertz CT molecular complexity index is 180. The number of hydrogen-bond donors (Lipinski definition) is 1. The number of ketones is 1. The number of carbonyl (C=O) groups is 1. The van der Waals surface area contributed by atoms with E-state index in [-0.39, 0.29) is 18.4 Å². The van der Waals surface area contributed by atoms with Crippen LogP contribution in [0, 0.1) is 23.7 Å². The second-order valence-electron chi connectivity index (χ2n) is 5.39. The van der Waals surface area contributed by atoms with Crippen molar-refractivity contribution in [2.75, 3.05) is 19.8 Å². The molecule has 0 aliphatic rings. The van der Waals surface area contributed by atoms with Gasteiger partial charge in [0.25, 0.3) is 0 Å². The van der Waals surface area contributed by atoms with E-state index in [1.165, 1.54) is 0 Å². The van der Waals surface area contributed by atoms with Crippen molar-refractivity contribution in [2.24, 2.45) is 23.7 Å². The number of carbonyl (C=O) groups excluding carboxylic acids is 1. The Hall–Kier alpha value is -0.410. The predicted molar refractivity (Wildman–Crippen MR) is 76.6 cm³/mol. The quantitative estimate of drug-likeness (QED) is 0.715. The Labute approximate surface area is 113 Å². The SMILES string of the molecule is CC(C)C(C)C(=O)C(C)C(C)C.CCOCCO. The number of Topliss-reactive ketones (excluding diaryl/α,β-unsaturated/α-hetero) is 1. The van der Waals surface area contributed by atoms with Crippen LogP contribution in [0.2, 0.25) is 0 Å². The molecule has 0 aromatic carbocycles. The Kier molecular flexibility index (Phi) is 12.9. The molecule has 0 aromatic rings. The van der Waals surface area contributed by atoms with Gasteiger partial charge in [-0.3, -0.25) is 4.79 Å². The summed E-state index contributed by atoms with van der Waals surface area (Å²) in [4.78, 5) is 11.7. The highest BCUT2D eigenvalue weighted by molar-refractivity contribution is 5.83. The van der Waals surface area contributed by atoms with E-state index in [2.05, 4.69) is 27.7 Å². The molecule has 18 heavy (non-hydrogen) atoms. The molecular formula is C15H32O3. The first-order valence-electron chi connectivity index (χ1n) is 7.01. The summed E-state index contributed by atoms with van der Waals surface area (Å²) in [5.74, 6) is 1.78. The first kappa shape index (κ1) is 19.9. The Morgan fingerprint density at radius 1 is 1.00 bits per heavy atom. The predicted octanol–water partition coefficient (Wildman–Crippen LogP) is 3.15. The van der Waals surface area contributed by atoms with Crippen LogP contribution < -0.4 is 0 Å². The zero-order chi connectivity index (χ0) is 14.7. The second-order valence-corrected chi connectivity index (χ2v) is 5.39. The summed E-state index contributed by atoms with van der Waals surface area (Å²) in [6, 6.07) is 0. The van der Waals surface area contributed by atoms with Gasteiger partial charge in [-0.05, 0) is 18.8 Å². The van der Waals surface area contributed by atoms with Crippen molar-refractivity contribution >= 4 is 5.78 Å².